The van der Waals surface area contributed by atoms with Crippen molar-refractivity contribution in [3.05, 3.63) is 49.7 Å². The van der Waals surface area contributed by atoms with Gasteiger partial charge in [-0.2, -0.15) is 5.10 Å². The van der Waals surface area contributed by atoms with Gasteiger partial charge in [0, 0.05) is 17.7 Å². The minimum atomic E-state index is -0.545. The highest BCUT2D eigenvalue weighted by molar-refractivity contribution is 14.1. The summed E-state index contributed by atoms with van der Waals surface area (Å²) in [6.07, 6.45) is 2.46. The van der Waals surface area contributed by atoms with Crippen molar-refractivity contribution in [2.75, 3.05) is 5.43 Å². The number of phenolic OH excluding ortho intramolecular Hbond substituents is 2. The summed E-state index contributed by atoms with van der Waals surface area (Å²) in [4.78, 5) is 13.7. The number of hydrogen-bond acceptors (Lipinski definition) is 7. The van der Waals surface area contributed by atoms with E-state index in [2.05, 4.69) is 15.5 Å². The second kappa shape index (κ2) is 6.35. The molecule has 0 saturated carbocycles. The van der Waals surface area contributed by atoms with Gasteiger partial charge < -0.3 is 10.2 Å². The van der Waals surface area contributed by atoms with Crippen molar-refractivity contribution >= 4 is 40.3 Å². The summed E-state index contributed by atoms with van der Waals surface area (Å²) in [5.74, 6) is 0.190. The van der Waals surface area contributed by atoms with Crippen molar-refractivity contribution in [2.45, 2.75) is 0 Å². The van der Waals surface area contributed by atoms with Crippen LogP contribution in [-0.4, -0.2) is 26.3 Å². The molecule has 108 valence electrons. The molecule has 1 heterocycles. The summed E-state index contributed by atoms with van der Waals surface area (Å²) in [6, 6.07) is 5.48. The van der Waals surface area contributed by atoms with Crippen LogP contribution in [0.2, 0.25) is 0 Å². The van der Waals surface area contributed by atoms with Gasteiger partial charge in [-0.05, 0) is 34.7 Å². The predicted octanol–water partition coefficient (Wildman–Crippen LogP) is 2.45. The van der Waals surface area contributed by atoms with Crippen molar-refractivity contribution in [2.24, 2.45) is 5.10 Å². The number of nitro groups is 1. The Bertz CT molecular complexity index is 703. The Kier molecular flexibility index (Phi) is 4.52. The SMILES string of the molecule is O=[N+]([O-])c1ccc(N/N=C/c2cc(I)c(O)cc2O)nc1. The molecule has 3 N–H and O–H groups in total. The lowest BCUT2D eigenvalue weighted by Gasteiger charge is -2.02. The van der Waals surface area contributed by atoms with Gasteiger partial charge in [-0.25, -0.2) is 4.98 Å². The first-order chi connectivity index (χ1) is 9.97. The first kappa shape index (κ1) is 15.0. The molecule has 0 saturated heterocycles. The van der Waals surface area contributed by atoms with Gasteiger partial charge in [0.05, 0.1) is 14.7 Å². The minimum absolute atomic E-state index is 0.0183. The van der Waals surface area contributed by atoms with E-state index in [1.54, 1.807) is 6.07 Å². The van der Waals surface area contributed by atoms with Crippen LogP contribution in [0.5, 0.6) is 11.5 Å². The molecule has 0 aliphatic heterocycles. The zero-order valence-electron chi connectivity index (χ0n) is 10.4. The molecule has 8 nitrogen and oxygen atoms in total. The van der Waals surface area contributed by atoms with Crippen LogP contribution >= 0.6 is 22.6 Å². The summed E-state index contributed by atoms with van der Waals surface area (Å²) in [5.41, 5.74) is 2.87. The van der Waals surface area contributed by atoms with Crippen molar-refractivity contribution < 1.29 is 15.1 Å². The maximum atomic E-state index is 10.5. The Morgan fingerprint density at radius 2 is 2.10 bits per heavy atom. The van der Waals surface area contributed by atoms with Crippen LogP contribution in [0.3, 0.4) is 0 Å². The van der Waals surface area contributed by atoms with Gasteiger partial charge in [0.25, 0.3) is 5.69 Å². The van der Waals surface area contributed by atoms with Gasteiger partial charge in [-0.1, -0.05) is 0 Å². The normalized spacial score (nSPS) is 10.7. The largest absolute Gasteiger partial charge is 0.507 e. The van der Waals surface area contributed by atoms with E-state index >= 15 is 0 Å². The molecule has 2 rings (SSSR count). The molecule has 0 aliphatic carbocycles. The van der Waals surface area contributed by atoms with Gasteiger partial charge in [0.15, 0.2) is 0 Å². The summed E-state index contributed by atoms with van der Waals surface area (Å²) in [5, 5.41) is 33.4. The smallest absolute Gasteiger partial charge is 0.287 e. The van der Waals surface area contributed by atoms with E-state index < -0.39 is 4.92 Å². The molecule has 0 atom stereocenters. The molecule has 0 bridgehead atoms. The first-order valence-electron chi connectivity index (χ1n) is 5.58. The summed E-state index contributed by atoms with van der Waals surface area (Å²) in [7, 11) is 0. The highest BCUT2D eigenvalue weighted by atomic mass is 127. The number of rotatable bonds is 4. The molecule has 0 radical (unpaired) electrons. The highest BCUT2D eigenvalue weighted by Gasteiger charge is 2.06. The Hall–Kier alpha value is -2.43. The second-order valence-corrected chi connectivity index (χ2v) is 5.05. The molecule has 0 fully saturated rings. The maximum Gasteiger partial charge on any atom is 0.287 e. The molecule has 2 aromatic rings. The fraction of sp³-hybridized carbons (Fsp3) is 0. The van der Waals surface area contributed by atoms with Crippen LogP contribution in [0.25, 0.3) is 0 Å². The van der Waals surface area contributed by atoms with E-state index in [0.29, 0.717) is 15.0 Å². The molecular weight excluding hydrogens is 391 g/mol. The Morgan fingerprint density at radius 1 is 1.33 bits per heavy atom. The van der Waals surface area contributed by atoms with Gasteiger partial charge in [-0.15, -0.1) is 0 Å². The molecule has 0 spiro atoms. The van der Waals surface area contributed by atoms with E-state index in [-0.39, 0.29) is 17.2 Å². The van der Waals surface area contributed by atoms with E-state index in [9.17, 15) is 20.3 Å². The number of anilines is 1. The van der Waals surface area contributed by atoms with Gasteiger partial charge in [0.2, 0.25) is 0 Å². The third kappa shape index (κ3) is 3.78. The fourth-order valence-electron chi connectivity index (χ4n) is 1.40. The number of aromatic hydroxyl groups is 2. The number of hydrogen-bond donors (Lipinski definition) is 3. The number of pyridine rings is 1. The van der Waals surface area contributed by atoms with Crippen LogP contribution in [-0.2, 0) is 0 Å². The molecule has 0 amide bonds. The van der Waals surface area contributed by atoms with Gasteiger partial charge in [-0.3, -0.25) is 15.5 Å². The van der Waals surface area contributed by atoms with E-state index in [1.807, 2.05) is 22.6 Å². The van der Waals surface area contributed by atoms with E-state index in [0.717, 1.165) is 6.20 Å². The summed E-state index contributed by atoms with van der Waals surface area (Å²) in [6.45, 7) is 0. The Morgan fingerprint density at radius 3 is 2.71 bits per heavy atom. The standard InChI is InChI=1S/C12H9IN4O4/c13-9-3-7(10(18)4-11(9)19)5-15-16-12-2-1-8(6-14-12)17(20)21/h1-6,18-19H,(H,14,16)/b15-5+. The molecule has 0 unspecified atom stereocenters. The molecule has 0 aliphatic rings. The Labute approximate surface area is 132 Å². The van der Waals surface area contributed by atoms with Crippen molar-refractivity contribution in [1.82, 2.24) is 4.98 Å². The van der Waals surface area contributed by atoms with Crippen LogP contribution in [0, 0.1) is 13.7 Å². The van der Waals surface area contributed by atoms with Crippen LogP contribution in [0.4, 0.5) is 11.5 Å². The predicted molar refractivity (Wildman–Crippen MR) is 84.6 cm³/mol. The zero-order chi connectivity index (χ0) is 15.4. The Balaban J connectivity index is 2.09. The molecular formula is C12H9IN4O4. The second-order valence-electron chi connectivity index (χ2n) is 3.89. The third-order valence-electron chi connectivity index (χ3n) is 2.44. The van der Waals surface area contributed by atoms with Crippen molar-refractivity contribution in [1.29, 1.82) is 0 Å². The van der Waals surface area contributed by atoms with Crippen LogP contribution in [0.15, 0.2) is 35.6 Å². The zero-order valence-corrected chi connectivity index (χ0v) is 12.6. The van der Waals surface area contributed by atoms with Crippen molar-refractivity contribution in [3.8, 4) is 11.5 Å². The van der Waals surface area contributed by atoms with E-state index in [1.165, 1.54) is 24.4 Å². The highest BCUT2D eigenvalue weighted by Crippen LogP contribution is 2.27. The fourth-order valence-corrected chi connectivity index (χ4v) is 1.89. The van der Waals surface area contributed by atoms with Crippen LogP contribution in [0.1, 0.15) is 5.56 Å². The number of phenols is 2. The number of benzene rings is 1. The average Bonchev–Trinajstić information content (AvgIpc) is 2.45. The molecule has 9 heteroatoms. The third-order valence-corrected chi connectivity index (χ3v) is 3.30. The number of nitrogens with one attached hydrogen (secondary N) is 1. The lowest BCUT2D eigenvalue weighted by atomic mass is 10.2. The number of nitrogens with zero attached hydrogens (tertiary/aromatic N) is 3. The first-order valence-corrected chi connectivity index (χ1v) is 6.66. The summed E-state index contributed by atoms with van der Waals surface area (Å²) >= 11 is 1.92. The number of aromatic nitrogens is 1. The lowest BCUT2D eigenvalue weighted by Crippen LogP contribution is -1.95. The number of halogens is 1. The average molecular weight is 400 g/mol. The molecule has 1 aromatic carbocycles. The van der Waals surface area contributed by atoms with E-state index in [4.69, 9.17) is 0 Å². The minimum Gasteiger partial charge on any atom is -0.507 e. The lowest BCUT2D eigenvalue weighted by molar-refractivity contribution is -0.385. The van der Waals surface area contributed by atoms with Crippen LogP contribution < -0.4 is 5.43 Å². The molecule has 1 aromatic heterocycles. The summed E-state index contributed by atoms with van der Waals surface area (Å²) < 4.78 is 0.570. The van der Waals surface area contributed by atoms with Gasteiger partial charge >= 0.3 is 0 Å². The van der Waals surface area contributed by atoms with Crippen molar-refractivity contribution in [3.63, 3.8) is 0 Å². The van der Waals surface area contributed by atoms with Gasteiger partial charge in [0.1, 0.15) is 23.5 Å². The topological polar surface area (TPSA) is 121 Å². The monoisotopic (exact) mass is 400 g/mol. The quantitative estimate of drug-likeness (QED) is 0.314. The number of hydrazone groups is 1. The maximum absolute atomic E-state index is 10.5. The molecule has 21 heavy (non-hydrogen) atoms.